The van der Waals surface area contributed by atoms with E-state index < -0.39 is 58.2 Å². The molecule has 1 aromatic carbocycles. The Labute approximate surface area is 378 Å². The zero-order chi connectivity index (χ0) is 47.9. The van der Waals surface area contributed by atoms with Crippen LogP contribution in [0.15, 0.2) is 56.2 Å². The molecule has 3 amide bonds. The van der Waals surface area contributed by atoms with E-state index >= 15 is 0 Å². The molecule has 0 fully saturated rings. The predicted molar refractivity (Wildman–Crippen MR) is 233 cm³/mol. The van der Waals surface area contributed by atoms with Gasteiger partial charge < -0.3 is 34.8 Å². The van der Waals surface area contributed by atoms with Crippen molar-refractivity contribution in [3.8, 4) is 11.8 Å². The number of halogens is 2. The van der Waals surface area contributed by atoms with Crippen LogP contribution in [0.3, 0.4) is 0 Å². The fraction of sp³-hybridized carbons (Fsp3) is 0.400. The smallest absolute Gasteiger partial charge is 0.335 e. The molecule has 29 heteroatoms. The molecule has 0 bridgehead atoms. The van der Waals surface area contributed by atoms with Gasteiger partial charge in [-0.25, -0.2) is 28.6 Å². The van der Waals surface area contributed by atoms with Gasteiger partial charge in [0.25, 0.3) is 15.9 Å². The fourth-order valence-corrected chi connectivity index (χ4v) is 8.69. The van der Waals surface area contributed by atoms with E-state index in [0.29, 0.717) is 22.8 Å². The number of esters is 1. The van der Waals surface area contributed by atoms with Gasteiger partial charge in [0.1, 0.15) is 17.5 Å². The highest BCUT2D eigenvalue weighted by atomic mass is 35.5. The van der Waals surface area contributed by atoms with Crippen molar-refractivity contribution in [2.75, 3.05) is 59.3 Å². The van der Waals surface area contributed by atoms with Crippen molar-refractivity contribution in [3.05, 3.63) is 67.4 Å². The van der Waals surface area contributed by atoms with Crippen molar-refractivity contribution in [1.82, 2.24) is 33.9 Å². The SMILES string of the molecule is COC(=O)CSc1cc(/N=c2\sc(=O)n3n2CCCC3)c(F)cc1Cl.COc1cc(OC)nc(NC(=O)NS(=O)(=O)c2ncccc2C(=O)N(C)C)n1.CP(=O)(O)CCC(N)C(=O)O. The lowest BCUT2D eigenvalue weighted by atomic mass is 10.2. The molecule has 0 saturated heterocycles. The Bertz CT molecular complexity index is 2600. The lowest BCUT2D eigenvalue weighted by Crippen LogP contribution is -2.36. The molecule has 0 spiro atoms. The summed E-state index contributed by atoms with van der Waals surface area (Å²) in [6, 6.07) is 4.52. The normalized spacial score (nSPS) is 13.6. The number of hydrogen-bond acceptors (Lipinski definition) is 18. The van der Waals surface area contributed by atoms with E-state index in [1.807, 2.05) is 0 Å². The van der Waals surface area contributed by atoms with Crippen molar-refractivity contribution in [2.45, 2.75) is 48.3 Å². The first-order valence-electron chi connectivity index (χ1n) is 18.3. The summed E-state index contributed by atoms with van der Waals surface area (Å²) < 4.78 is 69.6. The number of carbonyl (C=O) groups excluding carboxylic acids is 3. The molecule has 6 N–H and O–H groups in total. The number of hydrogen-bond donors (Lipinski definition) is 5. The molecule has 1 aliphatic rings. The number of anilines is 1. The average Bonchev–Trinajstić information content (AvgIpc) is 3.56. The second-order valence-corrected chi connectivity index (χ2v) is 19.7. The number of urea groups is 1. The third-order valence-corrected chi connectivity index (χ3v) is 12.8. The Morgan fingerprint density at radius 2 is 1.73 bits per heavy atom. The Hall–Kier alpha value is -5.44. The molecule has 64 heavy (non-hydrogen) atoms. The van der Waals surface area contributed by atoms with E-state index in [9.17, 15) is 41.3 Å². The van der Waals surface area contributed by atoms with E-state index in [4.69, 9.17) is 36.8 Å². The summed E-state index contributed by atoms with van der Waals surface area (Å²) in [4.78, 5) is 84.3. The average molecular weight is 995 g/mol. The van der Waals surface area contributed by atoms with Crippen molar-refractivity contribution in [2.24, 2.45) is 10.7 Å². The van der Waals surface area contributed by atoms with Gasteiger partial charge in [-0.1, -0.05) is 11.6 Å². The lowest BCUT2D eigenvalue weighted by molar-refractivity contribution is -0.139. The molecule has 5 rings (SSSR count). The third kappa shape index (κ3) is 16.0. The fourth-order valence-electron chi connectivity index (χ4n) is 4.91. The van der Waals surface area contributed by atoms with Crippen LogP contribution in [0.2, 0.25) is 5.02 Å². The van der Waals surface area contributed by atoms with E-state index in [-0.39, 0.29) is 57.2 Å². The van der Waals surface area contributed by atoms with E-state index in [1.54, 1.807) is 14.1 Å². The molecule has 0 saturated carbocycles. The molecule has 2 unspecified atom stereocenters. The lowest BCUT2D eigenvalue weighted by Gasteiger charge is -2.15. The Morgan fingerprint density at radius 1 is 1.11 bits per heavy atom. The van der Waals surface area contributed by atoms with E-state index in [0.717, 1.165) is 42.0 Å². The van der Waals surface area contributed by atoms with Crippen molar-refractivity contribution in [3.63, 3.8) is 0 Å². The van der Waals surface area contributed by atoms with Gasteiger partial charge in [0, 0.05) is 51.1 Å². The van der Waals surface area contributed by atoms with Crippen LogP contribution in [0.25, 0.3) is 0 Å². The number of sulfonamides is 1. The van der Waals surface area contributed by atoms with Crippen LogP contribution in [0.1, 0.15) is 29.6 Å². The molecule has 4 aromatic rings. The minimum atomic E-state index is -4.46. The molecular formula is C35H45ClFN10O13PS3. The summed E-state index contributed by atoms with van der Waals surface area (Å²) >= 11 is 8.17. The molecule has 4 heterocycles. The number of nitrogens with two attached hydrogens (primary N) is 1. The minimum absolute atomic E-state index is 0.0412. The number of thioether (sulfide) groups is 1. The Balaban J connectivity index is 0.000000278. The van der Waals surface area contributed by atoms with Crippen LogP contribution in [0.4, 0.5) is 20.8 Å². The predicted octanol–water partition coefficient (Wildman–Crippen LogP) is 2.58. The molecule has 1 aliphatic heterocycles. The zero-order valence-corrected chi connectivity index (χ0v) is 39.1. The van der Waals surface area contributed by atoms with Crippen molar-refractivity contribution >= 4 is 87.6 Å². The number of amides is 3. The van der Waals surface area contributed by atoms with Gasteiger partial charge in [-0.05, 0) is 54.9 Å². The largest absolute Gasteiger partial charge is 0.481 e. The first-order valence-corrected chi connectivity index (χ1v) is 24.2. The van der Waals surface area contributed by atoms with Gasteiger partial charge in [-0.2, -0.15) is 18.4 Å². The molecule has 23 nitrogen and oxygen atoms in total. The number of fused-ring (bicyclic) bond motifs is 1. The summed E-state index contributed by atoms with van der Waals surface area (Å²) in [5, 5.41) is 10.0. The quantitative estimate of drug-likeness (QED) is 0.0689. The first kappa shape index (κ1) is 52.9. The number of ether oxygens (including phenoxy) is 3. The van der Waals surface area contributed by atoms with E-state index in [1.165, 1.54) is 77.5 Å². The van der Waals surface area contributed by atoms with Crippen LogP contribution < -0.4 is 34.9 Å². The highest BCUT2D eigenvalue weighted by molar-refractivity contribution is 8.00. The number of aliphatic carboxylic acids is 1. The molecule has 0 radical (unpaired) electrons. The standard InChI is InChI=1S/C15H15ClFN3O3S2.C15H18N6O6S.C5H12NO4P/c1-23-13(21)8-24-12-7-11(10(17)6-9(12)16)18-14-19-4-2-3-5-20(19)15(22)25-14;1-21(2)13(22)9-6-5-7-16-12(9)28(24,25)20-15(23)19-14-17-10(26-3)8-11(18-14)27-4;1-11(9,10)3-2-4(6)5(7)8/h6-7H,2-5,8H2,1H3;5-8H,1-4H3,(H2,17,18,19,20,23);4H,2-3,6H2,1H3,(H,7,8)(H,9,10)/b18-14-;;. The Kier molecular flexibility index (Phi) is 19.9. The molecule has 350 valence electrons. The number of rotatable bonds is 14. The number of nitrogens with zero attached hydrogens (tertiary/aromatic N) is 7. The second-order valence-electron chi connectivity index (χ2n) is 13.2. The van der Waals surface area contributed by atoms with Gasteiger partial charge >= 0.3 is 22.8 Å². The molecule has 0 aliphatic carbocycles. The number of carboxylic acid groups (broad SMARTS) is 1. The second kappa shape index (κ2) is 24.0. The number of benzene rings is 1. The number of nitrogens with one attached hydrogen (secondary N) is 2. The summed E-state index contributed by atoms with van der Waals surface area (Å²) in [5.41, 5.74) is 4.99. The molecular weight excluding hydrogens is 950 g/mol. The Morgan fingerprint density at radius 3 is 2.30 bits per heavy atom. The number of carbonyl (C=O) groups is 4. The van der Waals surface area contributed by atoms with Crippen LogP contribution >= 0.6 is 42.1 Å². The first-order chi connectivity index (χ1) is 30.0. The molecule has 3 aromatic heterocycles. The van der Waals surface area contributed by atoms with Crippen LogP contribution in [-0.4, -0.2) is 132 Å². The molecule has 2 atom stereocenters. The number of methoxy groups -OCH3 is 3. The highest BCUT2D eigenvalue weighted by Gasteiger charge is 2.27. The van der Waals surface area contributed by atoms with Gasteiger partial charge in [0.15, 0.2) is 12.4 Å². The monoisotopic (exact) mass is 994 g/mol. The maximum Gasteiger partial charge on any atom is 0.335 e. The zero-order valence-electron chi connectivity index (χ0n) is 35.0. The van der Waals surface area contributed by atoms with Crippen LogP contribution in [-0.2, 0) is 42.0 Å². The van der Waals surface area contributed by atoms with Crippen LogP contribution in [0.5, 0.6) is 11.8 Å². The summed E-state index contributed by atoms with van der Waals surface area (Å²) in [6.07, 6.45) is 3.08. The van der Waals surface area contributed by atoms with Crippen LogP contribution in [0, 0.1) is 5.82 Å². The third-order valence-electron chi connectivity index (χ3n) is 8.07. The summed E-state index contributed by atoms with van der Waals surface area (Å²) in [5.74, 6) is -2.72. The van der Waals surface area contributed by atoms with E-state index in [2.05, 4.69) is 30.0 Å². The summed E-state index contributed by atoms with van der Waals surface area (Å²) in [7, 11) is -0.654. The maximum absolute atomic E-state index is 14.3. The number of aromatic nitrogens is 5. The van der Waals surface area contributed by atoms with Crippen molar-refractivity contribution < 1.29 is 60.8 Å². The van der Waals surface area contributed by atoms with Gasteiger partial charge in [0.05, 0.1) is 43.7 Å². The summed E-state index contributed by atoms with van der Waals surface area (Å²) in [6.45, 7) is 2.51. The minimum Gasteiger partial charge on any atom is -0.481 e. The number of pyridine rings is 1. The highest BCUT2D eigenvalue weighted by Crippen LogP contribution is 2.36. The van der Waals surface area contributed by atoms with Gasteiger partial charge in [-0.15, -0.1) is 11.8 Å². The number of carboxylic acids is 1. The topological polar surface area (TPSA) is 319 Å². The van der Waals surface area contributed by atoms with Crippen molar-refractivity contribution in [1.29, 1.82) is 0 Å². The maximum atomic E-state index is 14.3. The van der Waals surface area contributed by atoms with Gasteiger partial charge in [-0.3, -0.25) is 33.7 Å². The van der Waals surface area contributed by atoms with Gasteiger partial charge in [0.2, 0.25) is 22.5 Å².